The number of nitrogens with one attached hydrogen (secondary N) is 1. The lowest BCUT2D eigenvalue weighted by atomic mass is 10.1. The second kappa shape index (κ2) is 5.05. The molecule has 106 valence electrons. The molecule has 0 aliphatic carbocycles. The molecule has 0 spiro atoms. The molecule has 0 radical (unpaired) electrons. The molecule has 0 fully saturated rings. The van der Waals surface area contributed by atoms with E-state index in [2.05, 4.69) is 10.3 Å². The second-order valence-electron chi connectivity index (χ2n) is 5.01. The topological polar surface area (TPSA) is 46.9 Å². The second-order valence-corrected chi connectivity index (χ2v) is 5.01. The van der Waals surface area contributed by atoms with E-state index in [1.54, 1.807) is 6.07 Å². The van der Waals surface area contributed by atoms with E-state index in [4.69, 9.17) is 4.11 Å². The summed E-state index contributed by atoms with van der Waals surface area (Å²) in [6.07, 6.45) is 0. The first-order chi connectivity index (χ1) is 11.3. The van der Waals surface area contributed by atoms with Crippen molar-refractivity contribution in [3.8, 4) is 5.69 Å². The highest BCUT2D eigenvalue weighted by Crippen LogP contribution is 2.24. The van der Waals surface area contributed by atoms with Crippen LogP contribution in [0.4, 0.5) is 5.82 Å². The molecule has 0 bridgehead atoms. The molecule has 0 unspecified atom stereocenters. The highest BCUT2D eigenvalue weighted by Gasteiger charge is 2.12. The number of fused-ring (bicyclic) bond motifs is 1. The lowest BCUT2D eigenvalue weighted by Crippen LogP contribution is -2.23. The van der Waals surface area contributed by atoms with E-state index in [1.807, 2.05) is 50.2 Å². The molecular formula is C17H17N3O. The maximum absolute atomic E-state index is 12.6. The Hall–Kier alpha value is -2.62. The van der Waals surface area contributed by atoms with Gasteiger partial charge in [0.25, 0.3) is 0 Å². The smallest absolute Gasteiger partial charge is 0.354 e. The molecule has 4 nitrogen and oxygen atoms in total. The maximum Gasteiger partial charge on any atom is 0.354 e. The zero-order valence-corrected chi connectivity index (χ0v) is 11.8. The Bertz CT molecular complexity index is 977. The molecule has 0 aliphatic rings. The Morgan fingerprint density at radius 2 is 2.00 bits per heavy atom. The highest BCUT2D eigenvalue weighted by atomic mass is 16.1. The van der Waals surface area contributed by atoms with Gasteiger partial charge < -0.3 is 5.32 Å². The quantitative estimate of drug-likeness (QED) is 0.786. The Balaban J connectivity index is 2.38. The monoisotopic (exact) mass is 282 g/mol. The van der Waals surface area contributed by atoms with E-state index in [-0.39, 0.29) is 5.82 Å². The molecule has 3 rings (SSSR count). The summed E-state index contributed by atoms with van der Waals surface area (Å²) < 4.78 is 23.7. The van der Waals surface area contributed by atoms with Crippen LogP contribution in [0, 0.1) is 13.8 Å². The summed E-state index contributed by atoms with van der Waals surface area (Å²) in [5.74, 6) is 0.0693. The fourth-order valence-corrected chi connectivity index (χ4v) is 2.48. The molecule has 1 aromatic heterocycles. The molecule has 0 saturated heterocycles. The SMILES string of the molecule is [2H]C([2H])([2H])Nc1nc(=O)n(-c2ccccc2C)c2cc(C)ccc12. The molecule has 0 saturated carbocycles. The van der Waals surface area contributed by atoms with Crippen molar-refractivity contribution in [3.05, 3.63) is 64.1 Å². The van der Waals surface area contributed by atoms with Crippen LogP contribution >= 0.6 is 0 Å². The van der Waals surface area contributed by atoms with Crippen molar-refractivity contribution in [3.63, 3.8) is 0 Å². The first kappa shape index (κ1) is 10.2. The van der Waals surface area contributed by atoms with Gasteiger partial charge in [0.2, 0.25) is 0 Å². The maximum atomic E-state index is 12.6. The Morgan fingerprint density at radius 3 is 2.76 bits per heavy atom. The van der Waals surface area contributed by atoms with Crippen molar-refractivity contribution in [2.24, 2.45) is 0 Å². The minimum atomic E-state index is -2.42. The number of rotatable bonds is 2. The number of aromatic nitrogens is 2. The number of hydrogen-bond donors (Lipinski definition) is 1. The average molecular weight is 282 g/mol. The van der Waals surface area contributed by atoms with Crippen LogP contribution in [0.15, 0.2) is 47.3 Å². The van der Waals surface area contributed by atoms with Gasteiger partial charge in [-0.15, -0.1) is 0 Å². The minimum absolute atomic E-state index is 0.0693. The van der Waals surface area contributed by atoms with Gasteiger partial charge in [-0.3, -0.25) is 4.57 Å². The van der Waals surface area contributed by atoms with Crippen molar-refractivity contribution in [1.82, 2.24) is 9.55 Å². The van der Waals surface area contributed by atoms with Crippen LogP contribution in [0.1, 0.15) is 15.2 Å². The van der Waals surface area contributed by atoms with Crippen molar-refractivity contribution >= 4 is 16.7 Å². The number of anilines is 1. The molecule has 1 N–H and O–H groups in total. The summed E-state index contributed by atoms with van der Waals surface area (Å²) in [6, 6.07) is 13.0. The van der Waals surface area contributed by atoms with Crippen molar-refractivity contribution < 1.29 is 4.11 Å². The Morgan fingerprint density at radius 1 is 1.19 bits per heavy atom. The molecule has 2 aromatic carbocycles. The number of benzene rings is 2. The third kappa shape index (κ3) is 2.18. The molecule has 4 heteroatoms. The van der Waals surface area contributed by atoms with E-state index in [1.165, 1.54) is 4.57 Å². The molecule has 1 heterocycles. The van der Waals surface area contributed by atoms with Gasteiger partial charge in [-0.05, 0) is 43.2 Å². The molecule has 0 atom stereocenters. The normalized spacial score (nSPS) is 13.5. The molecule has 0 aliphatic heterocycles. The largest absolute Gasteiger partial charge is 0.372 e. The predicted octanol–water partition coefficient (Wildman–Crippen LogP) is 3.04. The van der Waals surface area contributed by atoms with Crippen molar-refractivity contribution in [2.75, 3.05) is 12.3 Å². The summed E-state index contributed by atoms with van der Waals surface area (Å²) >= 11 is 0. The fraction of sp³-hybridized carbons (Fsp3) is 0.176. The van der Waals surface area contributed by atoms with E-state index >= 15 is 0 Å². The number of aryl methyl sites for hydroxylation is 2. The van der Waals surface area contributed by atoms with Crippen LogP contribution in [-0.4, -0.2) is 16.5 Å². The third-order valence-corrected chi connectivity index (χ3v) is 3.52. The van der Waals surface area contributed by atoms with Gasteiger partial charge in [0, 0.05) is 16.5 Å². The summed E-state index contributed by atoms with van der Waals surface area (Å²) in [7, 11) is 0. The van der Waals surface area contributed by atoms with E-state index < -0.39 is 12.7 Å². The molecule has 3 aromatic rings. The van der Waals surface area contributed by atoms with E-state index in [0.29, 0.717) is 10.9 Å². The first-order valence-electron chi connectivity index (χ1n) is 8.14. The third-order valence-electron chi connectivity index (χ3n) is 3.52. The Kier molecular flexibility index (Phi) is 2.44. The lowest BCUT2D eigenvalue weighted by molar-refractivity contribution is 0.951. The fourth-order valence-electron chi connectivity index (χ4n) is 2.48. The predicted molar refractivity (Wildman–Crippen MR) is 86.4 cm³/mol. The van der Waals surface area contributed by atoms with Gasteiger partial charge in [0.1, 0.15) is 5.82 Å². The lowest BCUT2D eigenvalue weighted by Gasteiger charge is -2.14. The van der Waals surface area contributed by atoms with Crippen LogP contribution in [0.5, 0.6) is 0 Å². The van der Waals surface area contributed by atoms with E-state index in [9.17, 15) is 4.79 Å². The number of para-hydroxylation sites is 1. The van der Waals surface area contributed by atoms with Crippen molar-refractivity contribution in [2.45, 2.75) is 13.8 Å². The zero-order valence-electron chi connectivity index (χ0n) is 14.8. The summed E-state index contributed by atoms with van der Waals surface area (Å²) in [5, 5.41) is 2.94. The molecule has 0 amide bonds. The van der Waals surface area contributed by atoms with Gasteiger partial charge in [0.15, 0.2) is 0 Å². The van der Waals surface area contributed by atoms with Crippen LogP contribution < -0.4 is 11.0 Å². The highest BCUT2D eigenvalue weighted by molar-refractivity contribution is 5.90. The van der Waals surface area contributed by atoms with Gasteiger partial charge >= 0.3 is 5.69 Å². The summed E-state index contributed by atoms with van der Waals surface area (Å²) in [6.45, 7) is 1.41. The van der Waals surface area contributed by atoms with Crippen LogP contribution in [0.2, 0.25) is 0 Å². The molecular weight excluding hydrogens is 262 g/mol. The Labute approximate surface area is 127 Å². The van der Waals surface area contributed by atoms with E-state index in [0.717, 1.165) is 16.8 Å². The van der Waals surface area contributed by atoms with Crippen LogP contribution in [0.3, 0.4) is 0 Å². The zero-order chi connectivity index (χ0) is 17.5. The van der Waals surface area contributed by atoms with Gasteiger partial charge in [-0.25, -0.2) is 4.79 Å². The van der Waals surface area contributed by atoms with Crippen molar-refractivity contribution in [1.29, 1.82) is 0 Å². The van der Waals surface area contributed by atoms with Crippen LogP contribution in [-0.2, 0) is 0 Å². The molecule has 21 heavy (non-hydrogen) atoms. The standard InChI is InChI=1S/C17H17N3O/c1-11-8-9-13-15(10-11)20(17(21)19-16(13)18-3)14-7-5-4-6-12(14)2/h4-10H,1-3H3,(H,18,19,21)/i3D3. The first-order valence-corrected chi connectivity index (χ1v) is 6.64. The average Bonchev–Trinajstić information content (AvgIpc) is 2.47. The number of nitrogens with zero attached hydrogens (tertiary/aromatic N) is 2. The van der Waals surface area contributed by atoms with Crippen LogP contribution in [0.25, 0.3) is 16.6 Å². The van der Waals surface area contributed by atoms with Gasteiger partial charge in [-0.2, -0.15) is 4.98 Å². The number of hydrogen-bond acceptors (Lipinski definition) is 3. The minimum Gasteiger partial charge on any atom is -0.372 e. The summed E-state index contributed by atoms with van der Waals surface area (Å²) in [5.41, 5.74) is 2.73. The van der Waals surface area contributed by atoms with Gasteiger partial charge in [0.05, 0.1) is 11.2 Å². The summed E-state index contributed by atoms with van der Waals surface area (Å²) in [4.78, 5) is 16.6. The van der Waals surface area contributed by atoms with Gasteiger partial charge in [-0.1, -0.05) is 24.3 Å².